The second-order valence-corrected chi connectivity index (χ2v) is 6.98. The number of guanidine groups is 1. The van der Waals surface area contributed by atoms with Crippen LogP contribution in [0, 0.1) is 5.92 Å². The predicted octanol–water partition coefficient (Wildman–Crippen LogP) is 3.75. The first-order valence-corrected chi connectivity index (χ1v) is 9.70. The Labute approximate surface area is 178 Å². The second kappa shape index (κ2) is 11.3. The lowest BCUT2D eigenvalue weighted by molar-refractivity contribution is 0.295. The summed E-state index contributed by atoms with van der Waals surface area (Å²) in [5.74, 6) is 3.89. The third-order valence-corrected chi connectivity index (χ3v) is 5.04. The van der Waals surface area contributed by atoms with Crippen LogP contribution in [0.3, 0.4) is 0 Å². The average Bonchev–Trinajstić information content (AvgIpc) is 3.34. The molecule has 0 aromatic carbocycles. The molecule has 2 aromatic heterocycles. The molecule has 1 aliphatic carbocycles. The Morgan fingerprint density at radius 3 is 2.81 bits per heavy atom. The molecule has 1 saturated carbocycles. The lowest BCUT2D eigenvalue weighted by Crippen LogP contribution is -2.45. The van der Waals surface area contributed by atoms with Crippen LogP contribution in [0.1, 0.15) is 51.3 Å². The molecule has 27 heavy (non-hydrogen) atoms. The van der Waals surface area contributed by atoms with Gasteiger partial charge >= 0.3 is 0 Å². The van der Waals surface area contributed by atoms with Gasteiger partial charge < -0.3 is 15.1 Å². The van der Waals surface area contributed by atoms with Crippen molar-refractivity contribution in [1.29, 1.82) is 0 Å². The summed E-state index contributed by atoms with van der Waals surface area (Å²) >= 11 is 0. The lowest BCUT2D eigenvalue weighted by Gasteiger charge is -2.30. The molecule has 0 amide bonds. The maximum Gasteiger partial charge on any atom is 0.216 e. The summed E-state index contributed by atoms with van der Waals surface area (Å²) < 4.78 is 5.31. The molecule has 2 heterocycles. The third-order valence-electron chi connectivity index (χ3n) is 5.04. The van der Waals surface area contributed by atoms with Crippen molar-refractivity contribution in [3.05, 3.63) is 24.2 Å². The highest BCUT2D eigenvalue weighted by molar-refractivity contribution is 14.0. The van der Waals surface area contributed by atoms with Crippen LogP contribution in [0.5, 0.6) is 0 Å². The van der Waals surface area contributed by atoms with Gasteiger partial charge in [-0.05, 0) is 43.7 Å². The summed E-state index contributed by atoms with van der Waals surface area (Å²) in [6, 6.07) is 4.22. The Balaban J connectivity index is 0.00000261. The molecular weight excluding hydrogens is 455 g/mol. The molecule has 0 radical (unpaired) electrons. The largest absolute Gasteiger partial charge is 0.461 e. The summed E-state index contributed by atoms with van der Waals surface area (Å²) in [5.41, 5.74) is 0. The molecule has 2 aromatic rings. The van der Waals surface area contributed by atoms with E-state index >= 15 is 0 Å². The standard InChI is InChI=1S/C19H30N6O.HI/c1-3-5-14-7-9-15(10-8-14)22-19(20-2)21-12-11-17-23-18(25-24-17)16-6-4-13-26-16;/h4,6,13-15H,3,5,7-12H2,1-2H3,(H2,20,21,22)(H,23,24,25);1H. The van der Waals surface area contributed by atoms with Crippen molar-refractivity contribution in [2.45, 2.75) is 57.9 Å². The van der Waals surface area contributed by atoms with Crippen molar-refractivity contribution in [2.75, 3.05) is 13.6 Å². The first kappa shape index (κ1) is 21.7. The minimum Gasteiger partial charge on any atom is -0.461 e. The number of hydrogen-bond acceptors (Lipinski definition) is 4. The van der Waals surface area contributed by atoms with E-state index in [1.165, 1.54) is 38.5 Å². The molecule has 1 aliphatic rings. The van der Waals surface area contributed by atoms with Crippen molar-refractivity contribution < 1.29 is 4.42 Å². The van der Waals surface area contributed by atoms with E-state index in [2.05, 4.69) is 37.7 Å². The van der Waals surface area contributed by atoms with Crippen molar-refractivity contribution in [3.63, 3.8) is 0 Å². The first-order valence-electron chi connectivity index (χ1n) is 9.70. The molecule has 7 nitrogen and oxygen atoms in total. The van der Waals surface area contributed by atoms with E-state index < -0.39 is 0 Å². The molecule has 0 atom stereocenters. The summed E-state index contributed by atoms with van der Waals surface area (Å²) in [6.07, 6.45) is 10.2. The van der Waals surface area contributed by atoms with Crippen molar-refractivity contribution in [2.24, 2.45) is 10.9 Å². The fraction of sp³-hybridized carbons (Fsp3) is 0.632. The van der Waals surface area contributed by atoms with Crippen molar-refractivity contribution >= 4 is 29.9 Å². The van der Waals surface area contributed by atoms with Gasteiger partial charge in [0, 0.05) is 26.1 Å². The Morgan fingerprint density at radius 2 is 2.15 bits per heavy atom. The number of H-pyrrole nitrogens is 1. The minimum absolute atomic E-state index is 0. The number of nitrogens with one attached hydrogen (secondary N) is 3. The highest BCUT2D eigenvalue weighted by atomic mass is 127. The Bertz CT molecular complexity index is 676. The van der Waals surface area contributed by atoms with E-state index in [0.29, 0.717) is 17.6 Å². The van der Waals surface area contributed by atoms with Crippen LogP contribution in [-0.4, -0.2) is 40.8 Å². The van der Waals surface area contributed by atoms with E-state index in [4.69, 9.17) is 4.42 Å². The first-order chi connectivity index (χ1) is 12.8. The highest BCUT2D eigenvalue weighted by Crippen LogP contribution is 2.27. The third kappa shape index (κ3) is 6.51. The summed E-state index contributed by atoms with van der Waals surface area (Å²) in [6.45, 7) is 3.03. The van der Waals surface area contributed by atoms with Crippen LogP contribution >= 0.6 is 24.0 Å². The molecule has 0 aliphatic heterocycles. The van der Waals surface area contributed by atoms with Crippen LogP contribution in [0.2, 0.25) is 0 Å². The fourth-order valence-electron chi connectivity index (χ4n) is 3.61. The quantitative estimate of drug-likeness (QED) is 0.315. The van der Waals surface area contributed by atoms with Gasteiger partial charge in [-0.2, -0.15) is 5.10 Å². The van der Waals surface area contributed by atoms with Crippen molar-refractivity contribution in [1.82, 2.24) is 25.8 Å². The molecule has 1 fully saturated rings. The van der Waals surface area contributed by atoms with Gasteiger partial charge in [-0.3, -0.25) is 10.1 Å². The van der Waals surface area contributed by atoms with E-state index in [1.54, 1.807) is 6.26 Å². The summed E-state index contributed by atoms with van der Waals surface area (Å²) in [5, 5.41) is 14.1. The molecule has 0 spiro atoms. The van der Waals surface area contributed by atoms with Crippen molar-refractivity contribution in [3.8, 4) is 11.6 Å². The van der Waals surface area contributed by atoms with E-state index in [0.717, 1.165) is 30.7 Å². The number of halogens is 1. The van der Waals surface area contributed by atoms with Gasteiger partial charge in [0.2, 0.25) is 5.82 Å². The number of aliphatic imine (C=N–C) groups is 1. The number of aromatic amines is 1. The summed E-state index contributed by atoms with van der Waals surface area (Å²) in [4.78, 5) is 8.80. The van der Waals surface area contributed by atoms with Crippen LogP contribution in [0.4, 0.5) is 0 Å². The second-order valence-electron chi connectivity index (χ2n) is 6.98. The highest BCUT2D eigenvalue weighted by Gasteiger charge is 2.21. The maximum absolute atomic E-state index is 5.31. The molecule has 150 valence electrons. The molecule has 0 saturated heterocycles. The zero-order valence-corrected chi connectivity index (χ0v) is 18.5. The molecule has 8 heteroatoms. The minimum atomic E-state index is 0. The summed E-state index contributed by atoms with van der Waals surface area (Å²) in [7, 11) is 1.82. The van der Waals surface area contributed by atoms with Gasteiger partial charge in [0.25, 0.3) is 0 Å². The van der Waals surface area contributed by atoms with Gasteiger partial charge in [0.1, 0.15) is 5.82 Å². The molecule has 0 unspecified atom stereocenters. The topological polar surface area (TPSA) is 91.1 Å². The number of aromatic nitrogens is 3. The normalized spacial score (nSPS) is 20.1. The van der Waals surface area contributed by atoms with Gasteiger partial charge in [-0.15, -0.1) is 24.0 Å². The van der Waals surface area contributed by atoms with Gasteiger partial charge in [-0.25, -0.2) is 4.98 Å². The molecule has 3 N–H and O–H groups in total. The van der Waals surface area contributed by atoms with Crippen LogP contribution in [-0.2, 0) is 6.42 Å². The average molecular weight is 486 g/mol. The molecule has 3 rings (SSSR count). The Kier molecular flexibility index (Phi) is 9.09. The van der Waals surface area contributed by atoms with Gasteiger partial charge in [0.15, 0.2) is 11.7 Å². The lowest BCUT2D eigenvalue weighted by atomic mass is 9.83. The molecule has 0 bridgehead atoms. The van der Waals surface area contributed by atoms with Gasteiger partial charge in [-0.1, -0.05) is 19.8 Å². The Hall–Kier alpha value is -1.58. The van der Waals surface area contributed by atoms with E-state index in [1.807, 2.05) is 19.2 Å². The van der Waals surface area contributed by atoms with Crippen LogP contribution in [0.15, 0.2) is 27.8 Å². The number of hydrogen-bond donors (Lipinski definition) is 3. The van der Waals surface area contributed by atoms with Crippen LogP contribution in [0.25, 0.3) is 11.6 Å². The molecular formula is C19H31IN6O. The number of furan rings is 1. The predicted molar refractivity (Wildman–Crippen MR) is 118 cm³/mol. The Morgan fingerprint density at radius 1 is 1.33 bits per heavy atom. The zero-order chi connectivity index (χ0) is 18.2. The number of rotatable bonds is 7. The fourth-order valence-corrected chi connectivity index (χ4v) is 3.61. The monoisotopic (exact) mass is 486 g/mol. The van der Waals surface area contributed by atoms with E-state index in [-0.39, 0.29) is 24.0 Å². The number of nitrogens with zero attached hydrogens (tertiary/aromatic N) is 3. The SMILES string of the molecule is CCCC1CCC(NC(=NC)NCCc2nc(-c3ccco3)n[nH]2)CC1.I. The smallest absolute Gasteiger partial charge is 0.216 e. The van der Waals surface area contributed by atoms with E-state index in [9.17, 15) is 0 Å². The van der Waals surface area contributed by atoms with Gasteiger partial charge in [0.05, 0.1) is 6.26 Å². The van der Waals surface area contributed by atoms with Crippen LogP contribution < -0.4 is 10.6 Å². The maximum atomic E-state index is 5.31. The zero-order valence-electron chi connectivity index (χ0n) is 16.2.